The third-order valence-electron chi connectivity index (χ3n) is 5.90. The van der Waals surface area contributed by atoms with E-state index in [-0.39, 0.29) is 11.5 Å². The van der Waals surface area contributed by atoms with Gasteiger partial charge in [-0.3, -0.25) is 4.79 Å². The lowest BCUT2D eigenvalue weighted by atomic mass is 10.1. The van der Waals surface area contributed by atoms with E-state index in [0.29, 0.717) is 18.0 Å². The van der Waals surface area contributed by atoms with Crippen molar-refractivity contribution in [2.24, 2.45) is 0 Å². The first-order valence-electron chi connectivity index (χ1n) is 10.8. The smallest absolute Gasteiger partial charge is 0.261 e. The first-order chi connectivity index (χ1) is 15.9. The molecule has 0 saturated heterocycles. The van der Waals surface area contributed by atoms with Crippen LogP contribution in [0, 0.1) is 32.1 Å². The predicted octanol–water partition coefficient (Wildman–Crippen LogP) is 5.80. The molecule has 2 aromatic heterocycles. The van der Waals surface area contributed by atoms with Crippen LogP contribution in [0.15, 0.2) is 60.3 Å². The molecule has 4 rings (SSSR count). The molecule has 0 atom stereocenters. The van der Waals surface area contributed by atoms with Crippen molar-refractivity contribution in [3.05, 3.63) is 93.4 Å². The number of nitrogens with zero attached hydrogens (tertiary/aromatic N) is 2. The quantitative estimate of drug-likeness (QED) is 0.284. The summed E-state index contributed by atoms with van der Waals surface area (Å²) in [7, 11) is 0. The van der Waals surface area contributed by atoms with Crippen molar-refractivity contribution in [1.82, 2.24) is 14.9 Å². The van der Waals surface area contributed by atoms with Crippen molar-refractivity contribution >= 4 is 34.5 Å². The van der Waals surface area contributed by atoms with Crippen molar-refractivity contribution in [3.63, 3.8) is 0 Å². The van der Waals surface area contributed by atoms with E-state index in [9.17, 15) is 10.1 Å². The van der Waals surface area contributed by atoms with Gasteiger partial charge in [0.1, 0.15) is 11.6 Å². The summed E-state index contributed by atoms with van der Waals surface area (Å²) in [4.78, 5) is 15.9. The Hall–Kier alpha value is -3.75. The summed E-state index contributed by atoms with van der Waals surface area (Å²) in [5, 5.41) is 14.3. The minimum atomic E-state index is -0.374. The molecule has 0 saturated carbocycles. The summed E-state index contributed by atoms with van der Waals surface area (Å²) in [5.41, 5.74) is 7.13. The van der Waals surface area contributed by atoms with Crippen molar-refractivity contribution in [1.29, 1.82) is 5.26 Å². The van der Waals surface area contributed by atoms with Gasteiger partial charge >= 0.3 is 0 Å². The second-order valence-electron chi connectivity index (χ2n) is 8.13. The third-order valence-corrected chi connectivity index (χ3v) is 6.14. The number of carbonyl (C=O) groups is 1. The number of hydrogen-bond donors (Lipinski definition) is 2. The summed E-state index contributed by atoms with van der Waals surface area (Å²) in [6.45, 7) is 6.45. The molecule has 6 heteroatoms. The van der Waals surface area contributed by atoms with Gasteiger partial charge in [0.05, 0.1) is 0 Å². The Labute approximate surface area is 198 Å². The molecule has 0 aliphatic heterocycles. The predicted molar refractivity (Wildman–Crippen MR) is 134 cm³/mol. The van der Waals surface area contributed by atoms with Gasteiger partial charge < -0.3 is 14.9 Å². The van der Waals surface area contributed by atoms with Crippen LogP contribution < -0.4 is 5.32 Å². The Morgan fingerprint density at radius 1 is 1.18 bits per heavy atom. The number of aromatic nitrogens is 2. The minimum Gasteiger partial charge on any atom is -0.361 e. The van der Waals surface area contributed by atoms with Gasteiger partial charge in [-0.15, -0.1) is 0 Å². The van der Waals surface area contributed by atoms with Gasteiger partial charge in [0.15, 0.2) is 0 Å². The molecular weight excluding hydrogens is 432 g/mol. The first kappa shape index (κ1) is 22.4. The Morgan fingerprint density at radius 3 is 2.76 bits per heavy atom. The molecule has 0 bridgehead atoms. The number of fused-ring (bicyclic) bond motifs is 1. The maximum atomic E-state index is 12.7. The number of aromatic amines is 1. The van der Waals surface area contributed by atoms with Gasteiger partial charge in [-0.05, 0) is 74.2 Å². The highest BCUT2D eigenvalue weighted by Gasteiger charge is 2.15. The van der Waals surface area contributed by atoms with Crippen LogP contribution in [0.4, 0.5) is 0 Å². The highest BCUT2D eigenvalue weighted by molar-refractivity contribution is 6.30. The molecule has 4 aromatic rings. The van der Waals surface area contributed by atoms with Crippen molar-refractivity contribution in [2.45, 2.75) is 27.2 Å². The summed E-state index contributed by atoms with van der Waals surface area (Å²) in [6.07, 6.45) is 4.29. The summed E-state index contributed by atoms with van der Waals surface area (Å²) >= 11 is 6.22. The van der Waals surface area contributed by atoms with Crippen molar-refractivity contribution in [3.8, 4) is 11.8 Å². The van der Waals surface area contributed by atoms with Crippen LogP contribution in [0.2, 0.25) is 5.02 Å². The third kappa shape index (κ3) is 4.57. The Morgan fingerprint density at radius 2 is 1.97 bits per heavy atom. The fourth-order valence-corrected chi connectivity index (χ4v) is 4.34. The standard InChI is InChI=1S/C27H25ClN4O/c1-17-8-9-23(28)14-26(17)32-18(2)12-21(19(32)3)13-22(15-29)27(33)30-11-10-20-16-31-25-7-5-4-6-24(20)25/h4-9,12-14,16,31H,10-11H2,1-3H3,(H,30,33)/b22-13-. The lowest BCUT2D eigenvalue weighted by Gasteiger charge is -2.13. The SMILES string of the molecule is Cc1ccc(Cl)cc1-n1c(C)cc(/C=C(/C#N)C(=O)NCCc2c[nH]c3ccccc23)c1C. The van der Waals surface area contributed by atoms with Crippen LogP contribution in [0.1, 0.15) is 28.1 Å². The number of aryl methyl sites for hydroxylation is 2. The van der Waals surface area contributed by atoms with Gasteiger partial charge in [0, 0.05) is 45.7 Å². The molecule has 0 aliphatic carbocycles. The summed E-state index contributed by atoms with van der Waals surface area (Å²) in [6, 6.07) is 17.9. The lowest BCUT2D eigenvalue weighted by molar-refractivity contribution is -0.117. The van der Waals surface area contributed by atoms with E-state index >= 15 is 0 Å². The number of nitrogens with one attached hydrogen (secondary N) is 2. The maximum Gasteiger partial charge on any atom is 0.261 e. The molecular formula is C27H25ClN4O. The van der Waals surface area contributed by atoms with Crippen LogP contribution in [0.3, 0.4) is 0 Å². The fourth-order valence-electron chi connectivity index (χ4n) is 4.18. The molecule has 0 radical (unpaired) electrons. The number of hydrogen-bond acceptors (Lipinski definition) is 2. The van der Waals surface area contributed by atoms with Gasteiger partial charge in [-0.25, -0.2) is 0 Å². The molecule has 2 heterocycles. The van der Waals surface area contributed by atoms with E-state index in [1.165, 1.54) is 0 Å². The monoisotopic (exact) mass is 456 g/mol. The van der Waals surface area contributed by atoms with Crippen LogP contribution in [-0.2, 0) is 11.2 Å². The van der Waals surface area contributed by atoms with Crippen molar-refractivity contribution in [2.75, 3.05) is 6.54 Å². The Kier molecular flexibility index (Phi) is 6.39. The number of rotatable bonds is 6. The number of benzene rings is 2. The van der Waals surface area contributed by atoms with E-state index in [2.05, 4.69) is 27.0 Å². The number of para-hydroxylation sites is 1. The molecule has 33 heavy (non-hydrogen) atoms. The van der Waals surface area contributed by atoms with E-state index in [1.807, 2.05) is 69.4 Å². The van der Waals surface area contributed by atoms with Gasteiger partial charge in [0.25, 0.3) is 5.91 Å². The van der Waals surface area contributed by atoms with E-state index in [4.69, 9.17) is 11.6 Å². The Bertz CT molecular complexity index is 1420. The topological polar surface area (TPSA) is 73.6 Å². The number of amides is 1. The normalized spacial score (nSPS) is 11.5. The number of nitriles is 1. The maximum absolute atomic E-state index is 12.7. The highest BCUT2D eigenvalue weighted by atomic mass is 35.5. The zero-order valence-electron chi connectivity index (χ0n) is 18.9. The zero-order chi connectivity index (χ0) is 23.5. The average molecular weight is 457 g/mol. The zero-order valence-corrected chi connectivity index (χ0v) is 19.6. The molecule has 2 N–H and O–H groups in total. The first-order valence-corrected chi connectivity index (χ1v) is 11.2. The Balaban J connectivity index is 1.52. The van der Waals surface area contributed by atoms with Crippen molar-refractivity contribution < 1.29 is 4.79 Å². The molecule has 2 aromatic carbocycles. The minimum absolute atomic E-state index is 0.0805. The van der Waals surface area contributed by atoms with Crippen LogP contribution >= 0.6 is 11.6 Å². The summed E-state index contributed by atoms with van der Waals surface area (Å²) < 4.78 is 2.09. The van der Waals surface area contributed by atoms with Crippen LogP contribution in [-0.4, -0.2) is 22.0 Å². The number of carbonyl (C=O) groups excluding carboxylic acids is 1. The second-order valence-corrected chi connectivity index (χ2v) is 8.56. The van der Waals surface area contributed by atoms with Gasteiger partial charge in [-0.2, -0.15) is 5.26 Å². The van der Waals surface area contributed by atoms with Crippen LogP contribution in [0.25, 0.3) is 22.7 Å². The highest BCUT2D eigenvalue weighted by Crippen LogP contribution is 2.27. The summed E-state index contributed by atoms with van der Waals surface area (Å²) in [5.74, 6) is -0.374. The lowest BCUT2D eigenvalue weighted by Crippen LogP contribution is -2.26. The van der Waals surface area contributed by atoms with Crippen LogP contribution in [0.5, 0.6) is 0 Å². The van der Waals surface area contributed by atoms with E-state index in [1.54, 1.807) is 6.08 Å². The number of halogens is 1. The largest absolute Gasteiger partial charge is 0.361 e. The molecule has 0 unspecified atom stereocenters. The molecule has 0 spiro atoms. The molecule has 0 fully saturated rings. The van der Waals surface area contributed by atoms with Gasteiger partial charge in [0.2, 0.25) is 0 Å². The second kappa shape index (κ2) is 9.40. The average Bonchev–Trinajstić information content (AvgIpc) is 3.33. The van der Waals surface area contributed by atoms with E-state index in [0.717, 1.165) is 44.7 Å². The molecule has 1 amide bonds. The van der Waals surface area contributed by atoms with E-state index < -0.39 is 0 Å². The molecule has 0 aliphatic rings. The fraction of sp³-hybridized carbons (Fsp3) is 0.185. The molecule has 5 nitrogen and oxygen atoms in total. The number of H-pyrrole nitrogens is 1. The molecule has 166 valence electrons. The van der Waals surface area contributed by atoms with Gasteiger partial charge in [-0.1, -0.05) is 35.9 Å².